The maximum absolute atomic E-state index is 15.0. The molecule has 0 aliphatic heterocycles. The first-order chi connectivity index (χ1) is 19.2. The van der Waals surface area contributed by atoms with E-state index in [1.54, 1.807) is 0 Å². The third kappa shape index (κ3) is 8.44. The van der Waals surface area contributed by atoms with Crippen LogP contribution in [0.3, 0.4) is 0 Å². The molecular formula is C34H41F5O. The molecule has 40 heavy (non-hydrogen) atoms. The highest BCUT2D eigenvalue weighted by atomic mass is 19.3. The van der Waals surface area contributed by atoms with Crippen molar-refractivity contribution in [2.45, 2.75) is 90.1 Å². The summed E-state index contributed by atoms with van der Waals surface area (Å²) in [5, 5.41) is 0. The zero-order chi connectivity index (χ0) is 28.5. The fourth-order valence-corrected chi connectivity index (χ4v) is 6.23. The summed E-state index contributed by atoms with van der Waals surface area (Å²) >= 11 is 0. The molecule has 2 fully saturated rings. The summed E-state index contributed by atoms with van der Waals surface area (Å²) < 4.78 is 77.3. The molecule has 0 radical (unpaired) electrons. The van der Waals surface area contributed by atoms with Crippen LogP contribution in [0.2, 0.25) is 0 Å². The molecule has 0 heterocycles. The Hall–Kier alpha value is -2.63. The second kappa shape index (κ2) is 14.3. The van der Waals surface area contributed by atoms with Crippen LogP contribution in [0.5, 0.6) is 5.75 Å². The minimum Gasteiger partial charge on any atom is -0.432 e. The number of alkyl halides is 2. The maximum Gasteiger partial charge on any atom is 0.400 e. The summed E-state index contributed by atoms with van der Waals surface area (Å²) in [5.41, 5.74) is -0.290. The van der Waals surface area contributed by atoms with Crippen molar-refractivity contribution >= 4 is 0 Å². The van der Waals surface area contributed by atoms with Gasteiger partial charge in [-0.3, -0.25) is 0 Å². The zero-order valence-corrected chi connectivity index (χ0v) is 23.4. The number of hydrogen-bond donors (Lipinski definition) is 0. The van der Waals surface area contributed by atoms with Gasteiger partial charge in [-0.25, -0.2) is 13.2 Å². The molecule has 0 bridgehead atoms. The molecular weight excluding hydrogens is 519 g/mol. The van der Waals surface area contributed by atoms with E-state index in [2.05, 4.69) is 31.2 Å². The first kappa shape index (κ1) is 30.3. The van der Waals surface area contributed by atoms with E-state index in [1.807, 2.05) is 0 Å². The third-order valence-corrected chi connectivity index (χ3v) is 8.67. The maximum atomic E-state index is 15.0. The largest absolute Gasteiger partial charge is 0.432 e. The lowest BCUT2D eigenvalue weighted by atomic mass is 9.78. The smallest absolute Gasteiger partial charge is 0.400 e. The highest BCUT2D eigenvalue weighted by Crippen LogP contribution is 2.42. The van der Waals surface area contributed by atoms with Crippen LogP contribution in [-0.2, 0) is 0 Å². The molecule has 1 nitrogen and oxygen atoms in total. The average Bonchev–Trinajstić information content (AvgIpc) is 2.93. The normalized spacial score (nSPS) is 24.1. The molecule has 6 heteroatoms. The molecule has 0 N–H and O–H groups in total. The van der Waals surface area contributed by atoms with Crippen LogP contribution in [0.15, 0.2) is 60.7 Å². The Morgan fingerprint density at radius 3 is 1.95 bits per heavy atom. The van der Waals surface area contributed by atoms with Gasteiger partial charge in [-0.1, -0.05) is 49.3 Å². The summed E-state index contributed by atoms with van der Waals surface area (Å²) in [5.74, 6) is -2.47. The van der Waals surface area contributed by atoms with E-state index in [9.17, 15) is 22.0 Å². The van der Waals surface area contributed by atoms with Gasteiger partial charge in [0.25, 0.3) is 0 Å². The molecule has 0 amide bonds. The molecule has 2 aromatic carbocycles. The first-order valence-electron chi connectivity index (χ1n) is 14.9. The second-order valence-corrected chi connectivity index (χ2v) is 11.6. The SMILES string of the molecule is C/C=C/CCCCC1CCC(/C=C/C2CCC(C(F)(F)Oc3cc(F)c(-c4ccc(F)cc4)c(F)c3)CC2)CC1. The Kier molecular flexibility index (Phi) is 10.9. The van der Waals surface area contributed by atoms with Gasteiger partial charge < -0.3 is 4.74 Å². The number of hydrogen-bond acceptors (Lipinski definition) is 1. The Bertz CT molecular complexity index is 1100. The topological polar surface area (TPSA) is 9.23 Å². The van der Waals surface area contributed by atoms with Gasteiger partial charge in [-0.05, 0) is 107 Å². The van der Waals surface area contributed by atoms with Gasteiger partial charge in [-0.2, -0.15) is 8.78 Å². The van der Waals surface area contributed by atoms with E-state index < -0.39 is 40.8 Å². The highest BCUT2D eigenvalue weighted by molar-refractivity contribution is 5.65. The minimum absolute atomic E-state index is 0.116. The molecule has 2 aliphatic rings. The molecule has 0 saturated heterocycles. The summed E-state index contributed by atoms with van der Waals surface area (Å²) in [6, 6.07) is 6.17. The zero-order valence-electron chi connectivity index (χ0n) is 23.4. The molecule has 0 atom stereocenters. The van der Waals surface area contributed by atoms with Gasteiger partial charge in [0, 0.05) is 12.1 Å². The molecule has 2 saturated carbocycles. The van der Waals surface area contributed by atoms with E-state index in [0.29, 0.717) is 31.6 Å². The van der Waals surface area contributed by atoms with E-state index in [-0.39, 0.29) is 11.5 Å². The Labute approximate surface area is 235 Å². The summed E-state index contributed by atoms with van der Waals surface area (Å²) in [6.07, 6.45) is 17.3. The van der Waals surface area contributed by atoms with Crippen LogP contribution in [-0.4, -0.2) is 6.11 Å². The van der Waals surface area contributed by atoms with Crippen molar-refractivity contribution < 1.29 is 26.7 Å². The van der Waals surface area contributed by atoms with Crippen LogP contribution in [0.4, 0.5) is 22.0 Å². The van der Waals surface area contributed by atoms with E-state index >= 15 is 0 Å². The number of rotatable bonds is 11. The van der Waals surface area contributed by atoms with Gasteiger partial charge >= 0.3 is 6.11 Å². The first-order valence-corrected chi connectivity index (χ1v) is 14.9. The summed E-state index contributed by atoms with van der Waals surface area (Å²) in [6.45, 7) is 2.07. The molecule has 0 aromatic heterocycles. The predicted molar refractivity (Wildman–Crippen MR) is 151 cm³/mol. The van der Waals surface area contributed by atoms with E-state index in [4.69, 9.17) is 4.74 Å². The molecule has 4 rings (SSSR count). The molecule has 2 aliphatic carbocycles. The van der Waals surface area contributed by atoms with Gasteiger partial charge in [0.05, 0.1) is 11.5 Å². The fraction of sp³-hybridized carbons (Fsp3) is 0.529. The van der Waals surface area contributed by atoms with Crippen molar-refractivity contribution in [3.8, 4) is 16.9 Å². The molecule has 218 valence electrons. The Balaban J connectivity index is 1.23. The van der Waals surface area contributed by atoms with Gasteiger partial charge in [0.2, 0.25) is 0 Å². The molecule has 0 spiro atoms. The van der Waals surface area contributed by atoms with Crippen molar-refractivity contribution in [3.05, 3.63) is 78.2 Å². The van der Waals surface area contributed by atoms with Crippen LogP contribution in [0, 0.1) is 41.1 Å². The minimum atomic E-state index is -3.53. The van der Waals surface area contributed by atoms with Crippen LogP contribution < -0.4 is 4.74 Å². The third-order valence-electron chi connectivity index (χ3n) is 8.67. The number of benzene rings is 2. The number of allylic oxidation sites excluding steroid dienone is 4. The Morgan fingerprint density at radius 1 is 0.800 bits per heavy atom. The predicted octanol–water partition coefficient (Wildman–Crippen LogP) is 11.0. The van der Waals surface area contributed by atoms with Gasteiger partial charge in [-0.15, -0.1) is 0 Å². The van der Waals surface area contributed by atoms with Crippen molar-refractivity contribution in [3.63, 3.8) is 0 Å². The Morgan fingerprint density at radius 2 is 1.38 bits per heavy atom. The highest BCUT2D eigenvalue weighted by Gasteiger charge is 2.44. The monoisotopic (exact) mass is 560 g/mol. The van der Waals surface area contributed by atoms with E-state index in [0.717, 1.165) is 30.2 Å². The van der Waals surface area contributed by atoms with Crippen molar-refractivity contribution in [2.24, 2.45) is 23.7 Å². The number of ether oxygens (including phenoxy) is 1. The second-order valence-electron chi connectivity index (χ2n) is 11.6. The quantitative estimate of drug-likeness (QED) is 0.151. The van der Waals surface area contributed by atoms with Crippen LogP contribution in [0.1, 0.15) is 84.0 Å². The van der Waals surface area contributed by atoms with Gasteiger partial charge in [0.15, 0.2) is 0 Å². The standard InChI is InChI=1S/C34H41F5O/c1-2-3-4-5-6-7-24-8-10-25(11-9-24)12-13-26-14-18-28(19-15-26)34(38,39)40-30-22-31(36)33(32(37)23-30)27-16-20-29(35)21-17-27/h2-3,12-13,16-17,20-26,28H,4-11,14-15,18-19H2,1H3/b3-2+,13-12+. The number of halogens is 5. The average molecular weight is 561 g/mol. The lowest BCUT2D eigenvalue weighted by Crippen LogP contribution is -2.37. The summed E-state index contributed by atoms with van der Waals surface area (Å²) in [4.78, 5) is 0. The van der Waals surface area contributed by atoms with Crippen molar-refractivity contribution in [2.75, 3.05) is 0 Å². The van der Waals surface area contributed by atoms with Crippen LogP contribution >= 0.6 is 0 Å². The van der Waals surface area contributed by atoms with Gasteiger partial charge in [0.1, 0.15) is 23.2 Å². The lowest BCUT2D eigenvalue weighted by molar-refractivity contribution is -0.223. The fourth-order valence-electron chi connectivity index (χ4n) is 6.23. The number of unbranched alkanes of at least 4 members (excludes halogenated alkanes) is 2. The molecule has 0 unspecified atom stereocenters. The van der Waals surface area contributed by atoms with Crippen molar-refractivity contribution in [1.82, 2.24) is 0 Å². The van der Waals surface area contributed by atoms with E-state index in [1.165, 1.54) is 63.5 Å². The van der Waals surface area contributed by atoms with Crippen molar-refractivity contribution in [1.29, 1.82) is 0 Å². The lowest BCUT2D eigenvalue weighted by Gasteiger charge is -2.33. The summed E-state index contributed by atoms with van der Waals surface area (Å²) in [7, 11) is 0. The van der Waals surface area contributed by atoms with Crippen LogP contribution in [0.25, 0.3) is 11.1 Å². The molecule has 2 aromatic rings.